The van der Waals surface area contributed by atoms with E-state index in [4.69, 9.17) is 5.11 Å². The molecule has 7 nitrogen and oxygen atoms in total. The Balaban J connectivity index is 1.71. The fourth-order valence-electron chi connectivity index (χ4n) is 2.33. The van der Waals surface area contributed by atoms with E-state index in [-0.39, 0.29) is 30.5 Å². The van der Waals surface area contributed by atoms with Crippen molar-refractivity contribution in [1.82, 2.24) is 20.3 Å². The van der Waals surface area contributed by atoms with Gasteiger partial charge in [0.05, 0.1) is 6.20 Å². The van der Waals surface area contributed by atoms with Gasteiger partial charge in [0.1, 0.15) is 11.6 Å². The number of benzene rings is 1. The number of nitrogens with one attached hydrogen (secondary N) is 3. The third-order valence-electron chi connectivity index (χ3n) is 3.65. The van der Waals surface area contributed by atoms with E-state index < -0.39 is 17.5 Å². The minimum absolute atomic E-state index is 0.0196. The second-order valence-electron chi connectivity index (χ2n) is 5.55. The van der Waals surface area contributed by atoms with Crippen molar-refractivity contribution < 1.29 is 18.3 Å². The van der Waals surface area contributed by atoms with Crippen LogP contribution in [0.5, 0.6) is 0 Å². The molecule has 27 heavy (non-hydrogen) atoms. The standard InChI is InChI=1S/C17H17F3N6O/c18-13-2-1-3-14(19)12(13)8-22-16-15(20)9-23-17(24-16)25-26-6-5-21-11(10-26)4-7-27/h1-3,5-6,9-10,21,27H,4,7-8H2,(H2,22,23,24,25). The number of hydrogen-bond acceptors (Lipinski definition) is 7. The topological polar surface area (TPSA) is 85.3 Å². The van der Waals surface area contributed by atoms with Crippen molar-refractivity contribution in [2.75, 3.05) is 17.3 Å². The lowest BCUT2D eigenvalue weighted by atomic mass is 10.2. The van der Waals surface area contributed by atoms with Crippen LogP contribution in [0.2, 0.25) is 0 Å². The molecule has 0 atom stereocenters. The molecule has 0 bridgehead atoms. The van der Waals surface area contributed by atoms with Gasteiger partial charge in [-0.1, -0.05) is 6.07 Å². The Hall–Kier alpha value is -3.27. The molecule has 1 aromatic heterocycles. The molecular formula is C17H17F3N6O. The maximum Gasteiger partial charge on any atom is 0.244 e. The van der Waals surface area contributed by atoms with Gasteiger partial charge < -0.3 is 15.7 Å². The summed E-state index contributed by atoms with van der Waals surface area (Å²) in [5.74, 6) is -2.36. The molecule has 3 rings (SSSR count). The van der Waals surface area contributed by atoms with Crippen LogP contribution >= 0.6 is 0 Å². The van der Waals surface area contributed by atoms with Crippen LogP contribution < -0.4 is 16.1 Å². The largest absolute Gasteiger partial charge is 0.396 e. The predicted octanol–water partition coefficient (Wildman–Crippen LogP) is 2.43. The first-order valence-corrected chi connectivity index (χ1v) is 8.06. The van der Waals surface area contributed by atoms with Gasteiger partial charge in [-0.15, -0.1) is 0 Å². The second-order valence-corrected chi connectivity index (χ2v) is 5.55. The van der Waals surface area contributed by atoms with E-state index in [0.717, 1.165) is 24.0 Å². The molecule has 0 spiro atoms. The molecule has 0 saturated carbocycles. The molecular weight excluding hydrogens is 361 g/mol. The Morgan fingerprint density at radius 2 is 1.93 bits per heavy atom. The summed E-state index contributed by atoms with van der Waals surface area (Å²) in [5.41, 5.74) is 3.37. The molecule has 0 aliphatic carbocycles. The fourth-order valence-corrected chi connectivity index (χ4v) is 2.33. The normalized spacial score (nSPS) is 13.2. The van der Waals surface area contributed by atoms with Crippen molar-refractivity contribution in [3.05, 3.63) is 71.7 Å². The second kappa shape index (κ2) is 8.41. The van der Waals surface area contributed by atoms with Crippen molar-refractivity contribution in [1.29, 1.82) is 0 Å². The van der Waals surface area contributed by atoms with E-state index in [9.17, 15) is 13.2 Å². The smallest absolute Gasteiger partial charge is 0.244 e. The van der Waals surface area contributed by atoms with E-state index in [1.807, 2.05) is 0 Å². The van der Waals surface area contributed by atoms with Gasteiger partial charge in [-0.3, -0.25) is 10.4 Å². The lowest BCUT2D eigenvalue weighted by molar-refractivity contribution is 0.296. The van der Waals surface area contributed by atoms with E-state index >= 15 is 0 Å². The predicted molar refractivity (Wildman–Crippen MR) is 93.2 cm³/mol. The third-order valence-corrected chi connectivity index (χ3v) is 3.65. The summed E-state index contributed by atoms with van der Waals surface area (Å²) in [6.45, 7) is -0.297. The van der Waals surface area contributed by atoms with Gasteiger partial charge in [0.25, 0.3) is 0 Å². The van der Waals surface area contributed by atoms with Gasteiger partial charge in [-0.05, 0) is 12.1 Å². The fraction of sp³-hybridized carbons (Fsp3) is 0.176. The molecule has 1 aliphatic rings. The van der Waals surface area contributed by atoms with Gasteiger partial charge in [0.15, 0.2) is 11.6 Å². The van der Waals surface area contributed by atoms with Crippen molar-refractivity contribution in [3.8, 4) is 0 Å². The molecule has 142 valence electrons. The first-order chi connectivity index (χ1) is 13.1. The molecule has 1 aliphatic heterocycles. The lowest BCUT2D eigenvalue weighted by Gasteiger charge is -2.22. The minimum atomic E-state index is -0.760. The molecule has 1 aromatic carbocycles. The van der Waals surface area contributed by atoms with E-state index in [1.54, 1.807) is 18.6 Å². The van der Waals surface area contributed by atoms with E-state index in [1.165, 1.54) is 11.1 Å². The Morgan fingerprint density at radius 1 is 1.15 bits per heavy atom. The van der Waals surface area contributed by atoms with Crippen molar-refractivity contribution in [2.45, 2.75) is 13.0 Å². The highest BCUT2D eigenvalue weighted by atomic mass is 19.1. The monoisotopic (exact) mass is 378 g/mol. The molecule has 0 saturated heterocycles. The molecule has 0 amide bonds. The van der Waals surface area contributed by atoms with E-state index in [2.05, 4.69) is 26.0 Å². The number of aliphatic hydroxyl groups excluding tert-OH is 1. The Morgan fingerprint density at radius 3 is 2.67 bits per heavy atom. The van der Waals surface area contributed by atoms with Crippen molar-refractivity contribution >= 4 is 11.8 Å². The van der Waals surface area contributed by atoms with Crippen molar-refractivity contribution in [2.24, 2.45) is 0 Å². The van der Waals surface area contributed by atoms with Crippen LogP contribution in [0.25, 0.3) is 0 Å². The molecule has 0 fully saturated rings. The number of aromatic nitrogens is 2. The molecule has 4 N–H and O–H groups in total. The van der Waals surface area contributed by atoms with Crippen LogP contribution in [-0.2, 0) is 6.54 Å². The summed E-state index contributed by atoms with van der Waals surface area (Å²) < 4.78 is 41.3. The Kier molecular flexibility index (Phi) is 5.77. The molecule has 2 aromatic rings. The number of hydrazine groups is 1. The number of anilines is 2. The Bertz CT molecular complexity index is 853. The number of nitrogens with zero attached hydrogens (tertiary/aromatic N) is 3. The summed E-state index contributed by atoms with van der Waals surface area (Å²) in [6.07, 6.45) is 6.31. The van der Waals surface area contributed by atoms with Gasteiger partial charge in [0, 0.05) is 49.4 Å². The SMILES string of the molecule is OCCC1=CN(Nc2ncc(F)c(NCc3c(F)cccc3F)n2)C=CN1. The van der Waals surface area contributed by atoms with Crippen molar-refractivity contribution in [3.63, 3.8) is 0 Å². The number of hydrogen-bond donors (Lipinski definition) is 4. The quantitative estimate of drug-likeness (QED) is 0.589. The lowest BCUT2D eigenvalue weighted by Crippen LogP contribution is -2.26. The minimum Gasteiger partial charge on any atom is -0.396 e. The average molecular weight is 378 g/mol. The van der Waals surface area contributed by atoms with Crippen LogP contribution in [0, 0.1) is 17.5 Å². The summed E-state index contributed by atoms with van der Waals surface area (Å²) >= 11 is 0. The summed E-state index contributed by atoms with van der Waals surface area (Å²) in [6, 6.07) is 3.49. The zero-order chi connectivity index (χ0) is 19.2. The summed E-state index contributed by atoms with van der Waals surface area (Å²) in [5, 5.41) is 16.0. The maximum atomic E-state index is 13.9. The average Bonchev–Trinajstić information content (AvgIpc) is 2.64. The van der Waals surface area contributed by atoms with E-state index in [0.29, 0.717) is 6.42 Å². The number of rotatable bonds is 7. The summed E-state index contributed by atoms with van der Waals surface area (Å²) in [4.78, 5) is 7.82. The zero-order valence-electron chi connectivity index (χ0n) is 14.1. The molecule has 0 unspecified atom stereocenters. The molecule has 10 heteroatoms. The zero-order valence-corrected chi connectivity index (χ0v) is 14.1. The van der Waals surface area contributed by atoms with Gasteiger partial charge in [0.2, 0.25) is 5.95 Å². The third kappa shape index (κ3) is 4.67. The van der Waals surface area contributed by atoms with Crippen LogP contribution in [-0.4, -0.2) is 26.7 Å². The Labute approximate surface area is 153 Å². The van der Waals surface area contributed by atoms with Crippen LogP contribution in [0.15, 0.2) is 48.7 Å². The highest BCUT2D eigenvalue weighted by Gasteiger charge is 2.12. The van der Waals surface area contributed by atoms with Gasteiger partial charge in [-0.2, -0.15) is 4.98 Å². The van der Waals surface area contributed by atoms with Crippen LogP contribution in [0.1, 0.15) is 12.0 Å². The molecule has 2 heterocycles. The van der Waals surface area contributed by atoms with Gasteiger partial charge >= 0.3 is 0 Å². The molecule has 0 radical (unpaired) electrons. The maximum absolute atomic E-state index is 13.9. The highest BCUT2D eigenvalue weighted by Crippen LogP contribution is 2.17. The summed E-state index contributed by atoms with van der Waals surface area (Å²) in [7, 11) is 0. The van der Waals surface area contributed by atoms with Crippen LogP contribution in [0.4, 0.5) is 24.9 Å². The first kappa shape index (κ1) is 18.5. The van der Waals surface area contributed by atoms with Gasteiger partial charge in [-0.25, -0.2) is 18.2 Å². The number of halogens is 3. The highest BCUT2D eigenvalue weighted by molar-refractivity contribution is 5.42. The first-order valence-electron chi connectivity index (χ1n) is 8.06. The number of aliphatic hydroxyl groups is 1. The van der Waals surface area contributed by atoms with Crippen LogP contribution in [0.3, 0.4) is 0 Å².